The molecule has 2 amide bonds. The Balaban J connectivity index is 2.07. The van der Waals surface area contributed by atoms with E-state index in [9.17, 15) is 18.4 Å². The lowest BCUT2D eigenvalue weighted by Gasteiger charge is -2.10. The summed E-state index contributed by atoms with van der Waals surface area (Å²) >= 11 is 0. The molecule has 6 N–H and O–H groups in total. The highest BCUT2D eigenvalue weighted by atomic mass is 19.2. The highest BCUT2D eigenvalue weighted by molar-refractivity contribution is 6.05. The third-order valence-corrected chi connectivity index (χ3v) is 4.63. The number of carbonyl (C=O) groups is 2. The normalized spacial score (nSPS) is 11.5. The van der Waals surface area contributed by atoms with Crippen molar-refractivity contribution >= 4 is 23.2 Å². The first kappa shape index (κ1) is 24.5. The number of amides is 2. The standard InChI is InChI=1S/C24H26F2N4O2/c1-2-3-4-17(30-23(31)12-6-15-5-9-19(25)20(26)13-15)8-11-22(28)18-14-16(24(29)32)7-10-21(18)27/h3-5,7-10,13-14,28H,2,6,11-12,27H2,1H3,(H2,29,32)(H,30,31)/b4-3-,17-8+,28-22?. The predicted octanol–water partition coefficient (Wildman–Crippen LogP) is 4.00. The van der Waals surface area contributed by atoms with Crippen LogP contribution in [0.4, 0.5) is 14.5 Å². The van der Waals surface area contributed by atoms with Crippen molar-refractivity contribution in [2.45, 2.75) is 32.6 Å². The first-order valence-electron chi connectivity index (χ1n) is 10.1. The van der Waals surface area contributed by atoms with E-state index < -0.39 is 17.5 Å². The van der Waals surface area contributed by atoms with Crippen LogP contribution >= 0.6 is 0 Å². The Kier molecular flexibility index (Phi) is 8.83. The van der Waals surface area contributed by atoms with Crippen LogP contribution in [0.5, 0.6) is 0 Å². The summed E-state index contributed by atoms with van der Waals surface area (Å²) in [4.78, 5) is 23.7. The fourth-order valence-corrected chi connectivity index (χ4v) is 2.87. The van der Waals surface area contributed by atoms with E-state index in [-0.39, 0.29) is 36.4 Å². The van der Waals surface area contributed by atoms with Gasteiger partial charge in [0.15, 0.2) is 11.6 Å². The quantitative estimate of drug-likeness (QED) is 0.254. The fourth-order valence-electron chi connectivity index (χ4n) is 2.87. The van der Waals surface area contributed by atoms with Crippen LogP contribution in [0.15, 0.2) is 60.3 Å². The number of carbonyl (C=O) groups excluding carboxylic acids is 2. The van der Waals surface area contributed by atoms with E-state index in [1.807, 2.05) is 13.0 Å². The van der Waals surface area contributed by atoms with E-state index in [0.29, 0.717) is 22.5 Å². The van der Waals surface area contributed by atoms with Crippen molar-refractivity contribution in [3.63, 3.8) is 0 Å². The predicted molar refractivity (Wildman–Crippen MR) is 121 cm³/mol. The van der Waals surface area contributed by atoms with Gasteiger partial charge >= 0.3 is 0 Å². The second-order valence-corrected chi connectivity index (χ2v) is 7.12. The van der Waals surface area contributed by atoms with Crippen molar-refractivity contribution in [2.75, 3.05) is 5.73 Å². The van der Waals surface area contributed by atoms with Gasteiger partial charge in [0, 0.05) is 41.1 Å². The smallest absolute Gasteiger partial charge is 0.248 e. The van der Waals surface area contributed by atoms with Crippen LogP contribution in [0.2, 0.25) is 0 Å². The van der Waals surface area contributed by atoms with Gasteiger partial charge in [-0.2, -0.15) is 0 Å². The number of benzene rings is 2. The molecule has 0 unspecified atom stereocenters. The summed E-state index contributed by atoms with van der Waals surface area (Å²) < 4.78 is 26.3. The Morgan fingerprint density at radius 1 is 1.12 bits per heavy atom. The zero-order valence-electron chi connectivity index (χ0n) is 17.8. The highest BCUT2D eigenvalue weighted by Crippen LogP contribution is 2.17. The summed E-state index contributed by atoms with van der Waals surface area (Å²) in [5.41, 5.74) is 13.4. The Morgan fingerprint density at radius 2 is 1.88 bits per heavy atom. The molecule has 0 heterocycles. The van der Waals surface area contributed by atoms with E-state index >= 15 is 0 Å². The van der Waals surface area contributed by atoms with Crippen molar-refractivity contribution < 1.29 is 18.4 Å². The second-order valence-electron chi connectivity index (χ2n) is 7.12. The Morgan fingerprint density at radius 3 is 2.53 bits per heavy atom. The zero-order chi connectivity index (χ0) is 23.7. The van der Waals surface area contributed by atoms with Crippen molar-refractivity contribution in [3.8, 4) is 0 Å². The van der Waals surface area contributed by atoms with Gasteiger partial charge in [-0.3, -0.25) is 9.59 Å². The van der Waals surface area contributed by atoms with Gasteiger partial charge in [0.05, 0.1) is 0 Å². The largest absolute Gasteiger partial charge is 0.398 e. The van der Waals surface area contributed by atoms with E-state index in [1.54, 1.807) is 12.2 Å². The number of nitrogen functional groups attached to an aromatic ring is 1. The molecule has 2 rings (SSSR count). The van der Waals surface area contributed by atoms with E-state index in [4.69, 9.17) is 16.9 Å². The van der Waals surface area contributed by atoms with Crippen molar-refractivity contribution in [3.05, 3.63) is 88.6 Å². The maximum Gasteiger partial charge on any atom is 0.248 e. The van der Waals surface area contributed by atoms with Gasteiger partial charge in [-0.05, 0) is 54.8 Å². The first-order chi connectivity index (χ1) is 15.2. The summed E-state index contributed by atoms with van der Waals surface area (Å²) in [7, 11) is 0. The number of primary amides is 1. The van der Waals surface area contributed by atoms with Gasteiger partial charge in [-0.25, -0.2) is 8.78 Å². The van der Waals surface area contributed by atoms with Crippen LogP contribution < -0.4 is 16.8 Å². The molecule has 2 aromatic rings. The van der Waals surface area contributed by atoms with Gasteiger partial charge in [0.25, 0.3) is 0 Å². The van der Waals surface area contributed by atoms with Gasteiger partial charge in [0.2, 0.25) is 11.8 Å². The SMILES string of the molecule is CC/C=C\C(=C/CC(=N)c1cc(C(N)=O)ccc1N)NC(=O)CCc1ccc(F)c(F)c1. The fraction of sp³-hybridized carbons (Fsp3) is 0.208. The summed E-state index contributed by atoms with van der Waals surface area (Å²) in [6, 6.07) is 8.02. The molecule has 0 aliphatic rings. The third kappa shape index (κ3) is 7.16. The number of rotatable bonds is 10. The van der Waals surface area contributed by atoms with E-state index in [1.165, 1.54) is 24.3 Å². The third-order valence-electron chi connectivity index (χ3n) is 4.63. The molecule has 0 aromatic heterocycles. The number of hydrogen-bond acceptors (Lipinski definition) is 4. The highest BCUT2D eigenvalue weighted by Gasteiger charge is 2.10. The molecule has 0 saturated heterocycles. The Labute approximate surface area is 185 Å². The molecule has 0 saturated carbocycles. The number of hydrogen-bond donors (Lipinski definition) is 4. The van der Waals surface area contributed by atoms with Crippen LogP contribution in [-0.2, 0) is 11.2 Å². The van der Waals surface area contributed by atoms with Crippen molar-refractivity contribution in [2.24, 2.45) is 5.73 Å². The number of aryl methyl sites for hydroxylation is 1. The molecule has 0 radical (unpaired) electrons. The maximum atomic E-state index is 13.3. The Hall–Kier alpha value is -3.81. The molecule has 32 heavy (non-hydrogen) atoms. The number of halogens is 2. The van der Waals surface area contributed by atoms with Crippen molar-refractivity contribution in [1.82, 2.24) is 5.32 Å². The van der Waals surface area contributed by atoms with Gasteiger partial charge in [-0.1, -0.05) is 25.1 Å². The topological polar surface area (TPSA) is 122 Å². The van der Waals surface area contributed by atoms with Crippen LogP contribution in [0.25, 0.3) is 0 Å². The molecule has 0 spiro atoms. The summed E-state index contributed by atoms with van der Waals surface area (Å²) in [5.74, 6) is -2.80. The molecule has 8 heteroatoms. The molecule has 168 valence electrons. The lowest BCUT2D eigenvalue weighted by molar-refractivity contribution is -0.120. The van der Waals surface area contributed by atoms with Crippen LogP contribution in [0.1, 0.15) is 47.7 Å². The number of nitrogens with two attached hydrogens (primary N) is 2. The summed E-state index contributed by atoms with van der Waals surface area (Å²) in [5, 5.41) is 11.1. The van der Waals surface area contributed by atoms with Crippen LogP contribution in [0, 0.1) is 17.0 Å². The molecule has 6 nitrogen and oxygen atoms in total. The molecule has 2 aromatic carbocycles. The number of anilines is 1. The van der Waals surface area contributed by atoms with Crippen LogP contribution in [-0.4, -0.2) is 17.5 Å². The maximum absolute atomic E-state index is 13.3. The lowest BCUT2D eigenvalue weighted by Crippen LogP contribution is -2.22. The summed E-state index contributed by atoms with van der Waals surface area (Å²) in [6.45, 7) is 1.94. The second kappa shape index (κ2) is 11.5. The van der Waals surface area contributed by atoms with Crippen molar-refractivity contribution in [1.29, 1.82) is 5.41 Å². The monoisotopic (exact) mass is 440 g/mol. The molecule has 0 bridgehead atoms. The number of allylic oxidation sites excluding steroid dienone is 3. The molecule has 0 aliphatic heterocycles. The average Bonchev–Trinajstić information content (AvgIpc) is 2.76. The summed E-state index contributed by atoms with van der Waals surface area (Å²) in [6.07, 6.45) is 6.47. The van der Waals surface area contributed by atoms with E-state index in [2.05, 4.69) is 5.32 Å². The first-order valence-corrected chi connectivity index (χ1v) is 10.1. The molecule has 0 aliphatic carbocycles. The van der Waals surface area contributed by atoms with Gasteiger partial charge in [0.1, 0.15) is 0 Å². The van der Waals surface area contributed by atoms with E-state index in [0.717, 1.165) is 18.6 Å². The molecule has 0 atom stereocenters. The van der Waals surface area contributed by atoms with Gasteiger partial charge < -0.3 is 22.2 Å². The lowest BCUT2D eigenvalue weighted by atomic mass is 10.0. The zero-order valence-corrected chi connectivity index (χ0v) is 17.8. The minimum atomic E-state index is -0.951. The average molecular weight is 440 g/mol. The molecular formula is C24H26F2N4O2. The number of nitrogens with one attached hydrogen (secondary N) is 2. The molecular weight excluding hydrogens is 414 g/mol. The minimum Gasteiger partial charge on any atom is -0.398 e. The minimum absolute atomic E-state index is 0.0768. The van der Waals surface area contributed by atoms with Crippen LogP contribution in [0.3, 0.4) is 0 Å². The Bertz CT molecular complexity index is 1080. The molecule has 0 fully saturated rings. The van der Waals surface area contributed by atoms with Gasteiger partial charge in [-0.15, -0.1) is 0 Å².